The Hall–Kier alpha value is -2.89. The maximum absolute atomic E-state index is 14.1. The molecule has 24 heavy (non-hydrogen) atoms. The Morgan fingerprint density at radius 2 is 1.25 bits per heavy atom. The van der Waals surface area contributed by atoms with Gasteiger partial charge in [-0.1, -0.05) is 72.5 Å². The topological polar surface area (TPSA) is 12.5 Å². The summed E-state index contributed by atoms with van der Waals surface area (Å²) in [6, 6.07) is 26.9. The van der Waals surface area contributed by atoms with Gasteiger partial charge in [-0.15, -0.1) is 0 Å². The van der Waals surface area contributed by atoms with Gasteiger partial charge in [0.25, 0.3) is 0 Å². The fraction of sp³-hybridized carbons (Fsp3) is 0.0909. The lowest BCUT2D eigenvalue weighted by Crippen LogP contribution is -2.13. The SMILES string of the molecule is FC1OC1(c1ccccc1)c1cccc(C#Cc2ccccc2)c1. The van der Waals surface area contributed by atoms with Crippen LogP contribution >= 0.6 is 0 Å². The Morgan fingerprint density at radius 1 is 0.708 bits per heavy atom. The first-order chi connectivity index (χ1) is 11.8. The van der Waals surface area contributed by atoms with Crippen LogP contribution in [0.3, 0.4) is 0 Å². The van der Waals surface area contributed by atoms with Crippen molar-refractivity contribution in [3.8, 4) is 11.8 Å². The highest BCUT2D eigenvalue weighted by Crippen LogP contribution is 2.52. The zero-order chi connectivity index (χ0) is 16.4. The molecule has 0 aliphatic carbocycles. The molecule has 0 spiro atoms. The molecule has 1 nitrogen and oxygen atoms in total. The molecule has 1 aliphatic rings. The minimum absolute atomic E-state index is 0.793. The molecule has 1 heterocycles. The Bertz CT molecular complexity index is 909. The van der Waals surface area contributed by atoms with Crippen molar-refractivity contribution in [1.29, 1.82) is 0 Å². The molecule has 2 atom stereocenters. The van der Waals surface area contributed by atoms with E-state index < -0.39 is 12.0 Å². The zero-order valence-electron chi connectivity index (χ0n) is 12.9. The Morgan fingerprint density at radius 3 is 1.92 bits per heavy atom. The van der Waals surface area contributed by atoms with Gasteiger partial charge in [-0.25, -0.2) is 4.39 Å². The summed E-state index contributed by atoms with van der Waals surface area (Å²) in [5, 5.41) is 0. The van der Waals surface area contributed by atoms with Gasteiger partial charge < -0.3 is 4.74 Å². The molecule has 3 aromatic carbocycles. The third kappa shape index (κ3) is 2.60. The summed E-state index contributed by atoms with van der Waals surface area (Å²) in [6.07, 6.45) is -1.32. The maximum Gasteiger partial charge on any atom is 0.238 e. The van der Waals surface area contributed by atoms with Gasteiger partial charge in [-0.05, 0) is 35.4 Å². The fourth-order valence-electron chi connectivity index (χ4n) is 2.87. The molecule has 1 fully saturated rings. The molecular formula is C22H15FO. The Balaban J connectivity index is 1.70. The van der Waals surface area contributed by atoms with Crippen molar-refractivity contribution < 1.29 is 9.13 Å². The summed E-state index contributed by atoms with van der Waals surface area (Å²) in [6.45, 7) is 0. The van der Waals surface area contributed by atoms with Crippen LogP contribution in [0, 0.1) is 11.8 Å². The molecule has 0 radical (unpaired) electrons. The molecule has 0 N–H and O–H groups in total. The van der Waals surface area contributed by atoms with Gasteiger partial charge in [0, 0.05) is 11.1 Å². The normalized spacial score (nSPS) is 21.6. The van der Waals surface area contributed by atoms with Gasteiger partial charge in [0.15, 0.2) is 5.60 Å². The summed E-state index contributed by atoms with van der Waals surface area (Å²) in [5.74, 6) is 6.27. The summed E-state index contributed by atoms with van der Waals surface area (Å²) >= 11 is 0. The average molecular weight is 314 g/mol. The summed E-state index contributed by atoms with van der Waals surface area (Å²) in [5.41, 5.74) is 2.42. The quantitative estimate of drug-likeness (QED) is 0.495. The molecule has 2 unspecified atom stereocenters. The minimum Gasteiger partial charge on any atom is -0.323 e. The van der Waals surface area contributed by atoms with E-state index in [0.29, 0.717) is 0 Å². The van der Waals surface area contributed by atoms with Crippen LogP contribution in [0.25, 0.3) is 0 Å². The van der Waals surface area contributed by atoms with E-state index in [1.807, 2.05) is 84.9 Å². The van der Waals surface area contributed by atoms with E-state index in [-0.39, 0.29) is 0 Å². The van der Waals surface area contributed by atoms with E-state index in [9.17, 15) is 4.39 Å². The van der Waals surface area contributed by atoms with E-state index in [2.05, 4.69) is 11.8 Å². The number of alkyl halides is 1. The van der Waals surface area contributed by atoms with Gasteiger partial charge in [0.1, 0.15) is 0 Å². The predicted molar refractivity (Wildman–Crippen MR) is 92.1 cm³/mol. The van der Waals surface area contributed by atoms with Crippen LogP contribution in [0.15, 0.2) is 84.9 Å². The van der Waals surface area contributed by atoms with Crippen LogP contribution in [0.5, 0.6) is 0 Å². The van der Waals surface area contributed by atoms with Gasteiger partial charge in [0.2, 0.25) is 6.36 Å². The fourth-order valence-corrected chi connectivity index (χ4v) is 2.87. The number of halogens is 1. The molecule has 1 aliphatic heterocycles. The molecule has 0 aromatic heterocycles. The predicted octanol–water partition coefficient (Wildman–Crippen LogP) is 4.66. The standard InChI is InChI=1S/C22H15FO/c23-21-22(24-21,19-11-5-2-6-12-19)20-13-7-10-18(16-20)15-14-17-8-3-1-4-9-17/h1-13,16,21H. The lowest BCUT2D eigenvalue weighted by atomic mass is 9.90. The van der Waals surface area contributed by atoms with Crippen molar-refractivity contribution >= 4 is 0 Å². The van der Waals surface area contributed by atoms with Gasteiger partial charge in [0.05, 0.1) is 0 Å². The summed E-state index contributed by atoms with van der Waals surface area (Å²) in [7, 11) is 0. The van der Waals surface area contributed by atoms with Crippen LogP contribution in [-0.4, -0.2) is 6.36 Å². The Kier molecular flexibility index (Phi) is 3.65. The first kappa shape index (κ1) is 14.7. The van der Waals surface area contributed by atoms with E-state index in [1.54, 1.807) is 0 Å². The van der Waals surface area contributed by atoms with Crippen molar-refractivity contribution in [3.05, 3.63) is 107 Å². The largest absolute Gasteiger partial charge is 0.323 e. The second kappa shape index (κ2) is 5.96. The molecule has 116 valence electrons. The molecule has 0 amide bonds. The number of hydrogen-bond acceptors (Lipinski definition) is 1. The second-order valence-electron chi connectivity index (χ2n) is 5.73. The van der Waals surface area contributed by atoms with Crippen molar-refractivity contribution in [2.45, 2.75) is 12.0 Å². The number of benzene rings is 3. The highest BCUT2D eigenvalue weighted by Gasteiger charge is 2.60. The van der Waals surface area contributed by atoms with Crippen molar-refractivity contribution in [3.63, 3.8) is 0 Å². The summed E-state index contributed by atoms with van der Waals surface area (Å²) in [4.78, 5) is 0. The number of ether oxygens (including phenoxy) is 1. The van der Waals surface area contributed by atoms with Gasteiger partial charge in [-0.2, -0.15) is 0 Å². The number of hydrogen-bond donors (Lipinski definition) is 0. The first-order valence-electron chi connectivity index (χ1n) is 7.84. The van der Waals surface area contributed by atoms with Crippen molar-refractivity contribution in [2.24, 2.45) is 0 Å². The zero-order valence-corrected chi connectivity index (χ0v) is 12.9. The monoisotopic (exact) mass is 314 g/mol. The van der Waals surface area contributed by atoms with E-state index in [4.69, 9.17) is 4.74 Å². The van der Waals surface area contributed by atoms with Crippen molar-refractivity contribution in [1.82, 2.24) is 0 Å². The smallest absolute Gasteiger partial charge is 0.238 e. The van der Waals surface area contributed by atoms with Gasteiger partial charge >= 0.3 is 0 Å². The number of rotatable bonds is 2. The molecule has 2 heteroatoms. The van der Waals surface area contributed by atoms with Crippen LogP contribution in [0.2, 0.25) is 0 Å². The molecular weight excluding hydrogens is 299 g/mol. The minimum atomic E-state index is -1.32. The lowest BCUT2D eigenvalue weighted by Gasteiger charge is -2.12. The molecule has 0 bridgehead atoms. The molecule has 1 saturated heterocycles. The highest BCUT2D eigenvalue weighted by molar-refractivity contribution is 5.48. The number of epoxide rings is 1. The highest BCUT2D eigenvalue weighted by atomic mass is 19.2. The Labute approximate surface area is 140 Å². The third-order valence-electron chi connectivity index (χ3n) is 4.17. The maximum atomic E-state index is 14.1. The lowest BCUT2D eigenvalue weighted by molar-refractivity contribution is 0.255. The molecule has 0 saturated carbocycles. The average Bonchev–Trinajstić information content (AvgIpc) is 3.34. The van der Waals surface area contributed by atoms with Gasteiger partial charge in [-0.3, -0.25) is 0 Å². The second-order valence-corrected chi connectivity index (χ2v) is 5.73. The van der Waals surface area contributed by atoms with E-state index in [0.717, 1.165) is 22.3 Å². The van der Waals surface area contributed by atoms with Crippen LogP contribution < -0.4 is 0 Å². The van der Waals surface area contributed by atoms with Crippen molar-refractivity contribution in [2.75, 3.05) is 0 Å². The van der Waals surface area contributed by atoms with E-state index in [1.165, 1.54) is 0 Å². The third-order valence-corrected chi connectivity index (χ3v) is 4.17. The van der Waals surface area contributed by atoms with Crippen LogP contribution in [-0.2, 0) is 10.3 Å². The molecule has 4 rings (SSSR count). The van der Waals surface area contributed by atoms with Crippen LogP contribution in [0.1, 0.15) is 22.3 Å². The van der Waals surface area contributed by atoms with Crippen LogP contribution in [0.4, 0.5) is 4.39 Å². The molecule has 3 aromatic rings. The van der Waals surface area contributed by atoms with E-state index >= 15 is 0 Å². The summed E-state index contributed by atoms with van der Waals surface area (Å²) < 4.78 is 19.5. The first-order valence-corrected chi connectivity index (χ1v) is 7.84.